The first kappa shape index (κ1) is 84.6. The van der Waals surface area contributed by atoms with Crippen molar-refractivity contribution in [3.63, 3.8) is 0 Å². The highest BCUT2D eigenvalue weighted by atomic mass is 16.5. The van der Waals surface area contributed by atoms with E-state index in [0.717, 1.165) is 44.8 Å². The minimum Gasteiger partial charge on any atom is -0.508 e. The number of carbonyl (C=O) groups is 13. The van der Waals surface area contributed by atoms with Gasteiger partial charge in [0, 0.05) is 32.7 Å². The number of carbonyl (C=O) groups excluding carboxylic acids is 13. The fourth-order valence-electron chi connectivity index (χ4n) is 10.6. The van der Waals surface area contributed by atoms with Gasteiger partial charge in [-0.1, -0.05) is 83.9 Å². The number of aromatic hydroxyl groups is 1. The third kappa shape index (κ3) is 24.6. The molecule has 2 saturated heterocycles. The number of fused-ring (bicyclic) bond motifs is 1. The van der Waals surface area contributed by atoms with E-state index >= 15 is 19.2 Å². The molecule has 2 aliphatic rings. The average Bonchev–Trinajstić information content (AvgIpc) is 0.800. The van der Waals surface area contributed by atoms with Gasteiger partial charge in [0.15, 0.2) is 5.60 Å². The molecule has 554 valence electrons. The first-order chi connectivity index (χ1) is 46.2. The number of nitrogens with one attached hydrogen (secondary N) is 10. The van der Waals surface area contributed by atoms with Crippen LogP contribution in [0.4, 0.5) is 0 Å². The van der Waals surface area contributed by atoms with Gasteiger partial charge in [0.05, 0.1) is 31.9 Å². The van der Waals surface area contributed by atoms with Crippen molar-refractivity contribution in [3.05, 3.63) is 53.6 Å². The number of allylic oxidation sites excluding steroid dienone is 3. The topological polar surface area (TPSA) is 526 Å². The molecule has 5 unspecified atom stereocenters. The molecule has 2 heterocycles. The number of methoxy groups -OCH3 is 2. The Morgan fingerprint density at radius 1 is 0.798 bits per heavy atom. The maximum atomic E-state index is 15.3. The number of rotatable bonds is 27. The fourth-order valence-corrected chi connectivity index (χ4v) is 10.6. The van der Waals surface area contributed by atoms with Gasteiger partial charge in [-0.2, -0.15) is 0 Å². The van der Waals surface area contributed by atoms with Crippen LogP contribution < -0.4 is 64.6 Å². The molecule has 0 bridgehead atoms. The van der Waals surface area contributed by atoms with Crippen LogP contribution >= 0.6 is 0 Å². The lowest BCUT2D eigenvalue weighted by Gasteiger charge is -2.40. The number of esters is 1. The molecular formula is C65H103N13O21. The van der Waals surface area contributed by atoms with E-state index in [1.54, 1.807) is 6.92 Å². The number of benzene rings is 1. The van der Waals surface area contributed by atoms with Gasteiger partial charge in [0.1, 0.15) is 78.4 Å². The SMILES string of the molecule is CCC(C)/C=C(C)/C=C\C(O)C(C)(O)C(=O)NCC(=O)N[C@@H](C(=O)N[C@H](C(=O)N[C@H](C(=O)N[C@H]1C(=O)N[C@H](COC)C(=O)NCC(=O)N[C@@H](C)C(=O)N[C@H]([C@@H](C)O)C(=O)NC(C(OC)c2ccc(O)cc2)C(=O)N2CCCC[C@H]2C(=O)O[C@@H]1C(C)C)[C@@H](C)[C@@H](C)C(N)=O)[C@H](C)N)[C@@H](C)O. The van der Waals surface area contributed by atoms with E-state index in [-0.39, 0.29) is 36.6 Å². The van der Waals surface area contributed by atoms with Gasteiger partial charge in [0.2, 0.25) is 65.0 Å². The van der Waals surface area contributed by atoms with Gasteiger partial charge in [-0.15, -0.1) is 0 Å². The number of nitrogens with two attached hydrogens (primary N) is 2. The third-order valence-corrected chi connectivity index (χ3v) is 17.1. The monoisotopic (exact) mass is 1400 g/mol. The summed E-state index contributed by atoms with van der Waals surface area (Å²) in [6.07, 6.45) is -2.34. The number of nitrogens with zero attached hydrogens (tertiary/aromatic N) is 1. The Labute approximate surface area is 575 Å². The second-order valence-electron chi connectivity index (χ2n) is 25.8. The first-order valence-corrected chi connectivity index (χ1v) is 32.7. The maximum Gasteiger partial charge on any atom is 0.329 e. The third-order valence-electron chi connectivity index (χ3n) is 17.1. The number of primary amides is 1. The number of piperidine rings is 1. The Kier molecular flexibility index (Phi) is 33.5. The molecule has 0 saturated carbocycles. The first-order valence-electron chi connectivity index (χ1n) is 32.7. The Bertz CT molecular complexity index is 3070. The Morgan fingerprint density at radius 3 is 1.96 bits per heavy atom. The number of phenols is 1. The molecule has 19 N–H and O–H groups in total. The predicted molar refractivity (Wildman–Crippen MR) is 354 cm³/mol. The van der Waals surface area contributed by atoms with Gasteiger partial charge in [-0.3, -0.25) is 57.5 Å². The van der Waals surface area contributed by atoms with E-state index in [1.165, 1.54) is 85.1 Å². The summed E-state index contributed by atoms with van der Waals surface area (Å²) in [6, 6.07) is -12.1. The molecule has 12 amide bonds. The molecular weight excluding hydrogens is 1300 g/mol. The standard InChI is InChI=1S/C65H103N13O21/c1-15-31(4)26-32(5)19-24-43(82)65(12,96)64(95)69-28-45(84)72-48(37(10)79)59(90)74-47(35(8)66)58(89)73-46(33(6)34(7)54(67)85)57(88)76-50-52(30(2)3)99-63(94)42-18-16-17-25-78(42)62(93)51(53(98-14)39-20-22-40(81)23-21-39)77-60(91)49(38(11)80)75-55(86)36(9)70-44(83)27-68-56(87)41(29-97-13)71-61(50)92/h19-24,26,30-31,33-38,41-43,46-53,79-82,96H,15-18,25,27-29,66H2,1-14H3,(H2,67,85)(H,68,87)(H,69,95)(H,70,83)(H,71,92)(H,72,84)(H,73,89)(H,74,90)(H,75,86)(H,76,88)(H,77,91)/b24-19-,32-26+/t31?,33-,34+,35-,36-,37+,38+,41+,42-,43?,46-,47-,48+,49+,50+,51?,52+,53?,65?/m0/s1. The molecule has 3 rings (SSSR count). The van der Waals surface area contributed by atoms with E-state index in [1.807, 2.05) is 19.9 Å². The summed E-state index contributed by atoms with van der Waals surface area (Å²) in [5.74, 6) is -18.2. The number of hydrogen-bond acceptors (Lipinski definition) is 22. The lowest BCUT2D eigenvalue weighted by atomic mass is 9.87. The van der Waals surface area contributed by atoms with Gasteiger partial charge >= 0.3 is 5.97 Å². The van der Waals surface area contributed by atoms with E-state index < -0.39 is 211 Å². The summed E-state index contributed by atoms with van der Waals surface area (Å²) >= 11 is 0. The summed E-state index contributed by atoms with van der Waals surface area (Å²) < 4.78 is 17.3. The number of phenolic OH excluding ortho intramolecular Hbond substituents is 1. The van der Waals surface area contributed by atoms with Crippen molar-refractivity contribution in [2.45, 2.75) is 205 Å². The highest BCUT2D eigenvalue weighted by Crippen LogP contribution is 2.29. The Morgan fingerprint density at radius 2 is 1.40 bits per heavy atom. The molecule has 34 nitrogen and oxygen atoms in total. The summed E-state index contributed by atoms with van der Waals surface area (Å²) in [5.41, 5.74) is 10.5. The lowest BCUT2D eigenvalue weighted by molar-refractivity contribution is -0.168. The highest BCUT2D eigenvalue weighted by Gasteiger charge is 2.47. The lowest BCUT2D eigenvalue weighted by Crippen LogP contribution is -2.66. The van der Waals surface area contributed by atoms with Crippen molar-refractivity contribution in [1.29, 1.82) is 0 Å². The zero-order valence-electron chi connectivity index (χ0n) is 58.5. The molecule has 34 heteroatoms. The minimum atomic E-state index is -2.46. The minimum absolute atomic E-state index is 0.0933. The van der Waals surface area contributed by atoms with Gasteiger partial charge in [0.25, 0.3) is 5.91 Å². The van der Waals surface area contributed by atoms with Crippen LogP contribution in [0.3, 0.4) is 0 Å². The zero-order valence-corrected chi connectivity index (χ0v) is 58.5. The Hall–Kier alpha value is -8.67. The molecule has 0 aromatic heterocycles. The van der Waals surface area contributed by atoms with Crippen LogP contribution in [0.25, 0.3) is 0 Å². The molecule has 2 fully saturated rings. The van der Waals surface area contributed by atoms with Crippen molar-refractivity contribution >= 4 is 76.9 Å². The van der Waals surface area contributed by atoms with Crippen LogP contribution in [0.5, 0.6) is 5.75 Å². The van der Waals surface area contributed by atoms with Gasteiger partial charge in [-0.25, -0.2) is 4.79 Å². The van der Waals surface area contributed by atoms with Gasteiger partial charge in [-0.05, 0) is 96.3 Å². The second kappa shape index (κ2) is 39.2. The van der Waals surface area contributed by atoms with Crippen LogP contribution in [-0.2, 0) is 76.5 Å². The molecule has 1 aromatic carbocycles. The number of aliphatic hydroxyl groups is 4. The van der Waals surface area contributed by atoms with Crippen LogP contribution in [0.1, 0.15) is 120 Å². The number of amides is 12. The molecule has 0 spiro atoms. The van der Waals surface area contributed by atoms with E-state index in [9.17, 15) is 68.7 Å². The largest absolute Gasteiger partial charge is 0.508 e. The van der Waals surface area contributed by atoms with Crippen LogP contribution in [0.2, 0.25) is 0 Å². The maximum absolute atomic E-state index is 15.3. The number of cyclic esters (lactones) is 1. The molecule has 2 aliphatic heterocycles. The Balaban J connectivity index is 2.17. The van der Waals surface area contributed by atoms with Crippen LogP contribution in [-0.4, -0.2) is 238 Å². The van der Waals surface area contributed by atoms with Crippen molar-refractivity contribution in [2.24, 2.45) is 35.1 Å². The summed E-state index contributed by atoms with van der Waals surface area (Å²) in [5, 5.41) is 77.1. The normalized spacial score (nSPS) is 24.5. The molecule has 99 heavy (non-hydrogen) atoms. The highest BCUT2D eigenvalue weighted by molar-refractivity contribution is 6.00. The van der Waals surface area contributed by atoms with Crippen molar-refractivity contribution in [2.75, 3.05) is 40.5 Å². The molecule has 19 atom stereocenters. The number of aliphatic hydroxyl groups excluding tert-OH is 3. The summed E-state index contributed by atoms with van der Waals surface area (Å²) in [6.45, 7) is 14.5. The van der Waals surface area contributed by atoms with Crippen LogP contribution in [0, 0.1) is 23.7 Å². The number of ether oxygens (including phenoxy) is 3. The zero-order chi connectivity index (χ0) is 75.1. The number of hydrogen-bond donors (Lipinski definition) is 17. The predicted octanol–water partition coefficient (Wildman–Crippen LogP) is -4.65. The van der Waals surface area contributed by atoms with Crippen LogP contribution in [0.15, 0.2) is 48.1 Å². The molecule has 0 aliphatic carbocycles. The van der Waals surface area contributed by atoms with E-state index in [0.29, 0.717) is 6.42 Å². The quantitative estimate of drug-likeness (QED) is 0.0291. The summed E-state index contributed by atoms with van der Waals surface area (Å²) in [7, 11) is 2.36. The summed E-state index contributed by atoms with van der Waals surface area (Å²) in [4.78, 5) is 185. The van der Waals surface area contributed by atoms with Gasteiger partial charge < -0.3 is 109 Å². The van der Waals surface area contributed by atoms with E-state index in [4.69, 9.17) is 25.7 Å². The fraction of sp³-hybridized carbons (Fsp3) is 0.646. The van der Waals surface area contributed by atoms with Crippen molar-refractivity contribution in [3.8, 4) is 5.75 Å². The second-order valence-corrected chi connectivity index (χ2v) is 25.8. The smallest absolute Gasteiger partial charge is 0.329 e. The van der Waals surface area contributed by atoms with Crippen molar-refractivity contribution in [1.82, 2.24) is 58.1 Å². The molecule has 0 radical (unpaired) electrons. The molecule has 1 aromatic rings. The average molecular weight is 1400 g/mol. The van der Waals surface area contributed by atoms with Crippen molar-refractivity contribution < 1.29 is 102 Å². The van der Waals surface area contributed by atoms with E-state index in [2.05, 4.69) is 53.2 Å².